The van der Waals surface area contributed by atoms with Crippen LogP contribution in [0.5, 0.6) is 11.5 Å². The Hall–Kier alpha value is -1.88. The highest BCUT2D eigenvalue weighted by Crippen LogP contribution is 2.48. The van der Waals surface area contributed by atoms with E-state index in [9.17, 15) is 4.79 Å². The monoisotopic (exact) mass is 319 g/mol. The fourth-order valence-electron chi connectivity index (χ4n) is 3.51. The quantitative estimate of drug-likeness (QED) is 0.630. The van der Waals surface area contributed by atoms with E-state index in [-0.39, 0.29) is 0 Å². The minimum absolute atomic E-state index is 0.502. The Morgan fingerprint density at radius 2 is 1.70 bits per heavy atom. The van der Waals surface area contributed by atoms with Gasteiger partial charge in [-0.05, 0) is 30.5 Å². The van der Waals surface area contributed by atoms with Crippen molar-refractivity contribution in [1.29, 1.82) is 0 Å². The lowest BCUT2D eigenvalue weighted by atomic mass is 9.74. The van der Waals surface area contributed by atoms with Crippen LogP contribution in [0.25, 0.3) is 0 Å². The Morgan fingerprint density at radius 3 is 2.26 bits per heavy atom. The van der Waals surface area contributed by atoms with Gasteiger partial charge in [-0.3, -0.25) is 0 Å². The molecule has 0 bridgehead atoms. The summed E-state index contributed by atoms with van der Waals surface area (Å²) in [6, 6.07) is 5.65. The topological polar surface area (TPSA) is 66.4 Å². The summed E-state index contributed by atoms with van der Waals surface area (Å²) < 4.78 is 22.2. The molecule has 1 heterocycles. The first-order valence-corrected chi connectivity index (χ1v) is 7.76. The molecule has 1 aromatic carbocycles. The zero-order valence-electron chi connectivity index (χ0n) is 13.5. The van der Waals surface area contributed by atoms with Crippen molar-refractivity contribution in [1.82, 2.24) is 0 Å². The molecule has 0 unspecified atom stereocenters. The van der Waals surface area contributed by atoms with Gasteiger partial charge in [-0.15, -0.1) is 0 Å². The van der Waals surface area contributed by atoms with Gasteiger partial charge in [0.2, 0.25) is 6.08 Å². The summed E-state index contributed by atoms with van der Waals surface area (Å²) >= 11 is 0. The number of hydrogen-bond donors (Lipinski definition) is 0. The van der Waals surface area contributed by atoms with E-state index in [1.807, 2.05) is 18.2 Å². The minimum Gasteiger partial charge on any atom is -0.493 e. The average Bonchev–Trinajstić information content (AvgIpc) is 3.05. The van der Waals surface area contributed by atoms with Crippen molar-refractivity contribution in [3.8, 4) is 11.5 Å². The number of isocyanates is 1. The second kappa shape index (κ2) is 6.32. The smallest absolute Gasteiger partial charge is 0.235 e. The van der Waals surface area contributed by atoms with Gasteiger partial charge in [-0.2, -0.15) is 4.99 Å². The molecule has 0 aromatic heterocycles. The van der Waals surface area contributed by atoms with Crippen LogP contribution in [0.15, 0.2) is 23.2 Å². The summed E-state index contributed by atoms with van der Waals surface area (Å²) in [5.41, 5.74) is 0.313. The average molecular weight is 319 g/mol. The molecule has 1 aliphatic carbocycles. The summed E-state index contributed by atoms with van der Waals surface area (Å²) in [5.74, 6) is 0.772. The Labute approximate surface area is 135 Å². The van der Waals surface area contributed by atoms with Crippen LogP contribution in [0.4, 0.5) is 0 Å². The van der Waals surface area contributed by atoms with Gasteiger partial charge in [0.25, 0.3) is 0 Å². The summed E-state index contributed by atoms with van der Waals surface area (Å²) in [4.78, 5) is 15.2. The molecule has 0 atom stereocenters. The molecule has 1 saturated heterocycles. The van der Waals surface area contributed by atoms with Crippen LogP contribution < -0.4 is 9.47 Å². The van der Waals surface area contributed by atoms with E-state index >= 15 is 0 Å². The van der Waals surface area contributed by atoms with Crippen molar-refractivity contribution in [3.05, 3.63) is 23.8 Å². The van der Waals surface area contributed by atoms with Crippen LogP contribution >= 0.6 is 0 Å². The van der Waals surface area contributed by atoms with Gasteiger partial charge in [-0.25, -0.2) is 4.79 Å². The number of hydrogen-bond acceptors (Lipinski definition) is 6. The maximum Gasteiger partial charge on any atom is 0.235 e. The molecular formula is C17H21NO5. The van der Waals surface area contributed by atoms with E-state index in [4.69, 9.17) is 18.9 Å². The molecule has 0 N–H and O–H groups in total. The predicted molar refractivity (Wildman–Crippen MR) is 82.4 cm³/mol. The maximum absolute atomic E-state index is 11.0. The molecule has 23 heavy (non-hydrogen) atoms. The molecule has 6 heteroatoms. The molecule has 3 rings (SSSR count). The highest BCUT2D eigenvalue weighted by Gasteiger charge is 2.47. The molecule has 1 aliphatic heterocycles. The van der Waals surface area contributed by atoms with Crippen molar-refractivity contribution >= 4 is 6.08 Å². The zero-order valence-corrected chi connectivity index (χ0v) is 13.5. The van der Waals surface area contributed by atoms with Crippen molar-refractivity contribution in [2.45, 2.75) is 37.0 Å². The third-order valence-corrected chi connectivity index (χ3v) is 4.83. The first-order chi connectivity index (χ1) is 11.2. The van der Waals surface area contributed by atoms with Gasteiger partial charge in [-0.1, -0.05) is 6.07 Å². The normalized spacial score (nSPS) is 21.7. The minimum atomic E-state index is -0.609. The molecule has 0 amide bonds. The maximum atomic E-state index is 11.0. The molecule has 1 aromatic rings. The second-order valence-electron chi connectivity index (χ2n) is 5.91. The Kier molecular flexibility index (Phi) is 4.39. The Morgan fingerprint density at radius 1 is 1.04 bits per heavy atom. The van der Waals surface area contributed by atoms with Crippen LogP contribution in [0, 0.1) is 0 Å². The third-order valence-electron chi connectivity index (χ3n) is 4.83. The molecule has 124 valence electrons. The van der Waals surface area contributed by atoms with E-state index in [1.54, 1.807) is 20.3 Å². The lowest BCUT2D eigenvalue weighted by molar-refractivity contribution is -0.184. The van der Waals surface area contributed by atoms with Gasteiger partial charge in [0, 0.05) is 12.8 Å². The lowest BCUT2D eigenvalue weighted by Crippen LogP contribution is -2.41. The van der Waals surface area contributed by atoms with Gasteiger partial charge < -0.3 is 18.9 Å². The Balaban J connectivity index is 1.91. The molecule has 0 radical (unpaired) electrons. The van der Waals surface area contributed by atoms with E-state index in [2.05, 4.69) is 4.99 Å². The van der Waals surface area contributed by atoms with E-state index in [1.165, 1.54) is 0 Å². The highest BCUT2D eigenvalue weighted by atomic mass is 16.7. The van der Waals surface area contributed by atoms with Crippen LogP contribution in [-0.4, -0.2) is 39.3 Å². The van der Waals surface area contributed by atoms with E-state index in [0.29, 0.717) is 50.4 Å². The van der Waals surface area contributed by atoms with Crippen LogP contribution in [-0.2, 0) is 19.8 Å². The zero-order chi connectivity index (χ0) is 16.3. The molecule has 6 nitrogen and oxygen atoms in total. The van der Waals surface area contributed by atoms with Crippen LogP contribution in [0.3, 0.4) is 0 Å². The van der Waals surface area contributed by atoms with Crippen molar-refractivity contribution in [2.24, 2.45) is 4.99 Å². The van der Waals surface area contributed by atoms with Crippen molar-refractivity contribution in [3.63, 3.8) is 0 Å². The first kappa shape index (κ1) is 16.0. The first-order valence-electron chi connectivity index (χ1n) is 7.76. The fourth-order valence-corrected chi connectivity index (χ4v) is 3.51. The predicted octanol–water partition coefficient (Wildman–Crippen LogP) is 2.55. The molecule has 1 saturated carbocycles. The van der Waals surface area contributed by atoms with E-state index in [0.717, 1.165) is 5.56 Å². The fraction of sp³-hybridized carbons (Fsp3) is 0.588. The number of ether oxygens (including phenoxy) is 4. The van der Waals surface area contributed by atoms with Crippen molar-refractivity contribution in [2.75, 3.05) is 27.4 Å². The van der Waals surface area contributed by atoms with Gasteiger partial charge in [0.05, 0.1) is 33.0 Å². The summed E-state index contributed by atoms with van der Waals surface area (Å²) in [5, 5.41) is 0. The number of nitrogens with zero attached hydrogens (tertiary/aromatic N) is 1. The van der Waals surface area contributed by atoms with Crippen LogP contribution in [0.2, 0.25) is 0 Å². The summed E-state index contributed by atoms with van der Waals surface area (Å²) in [7, 11) is 3.18. The second-order valence-corrected chi connectivity index (χ2v) is 5.91. The third kappa shape index (κ3) is 2.85. The number of benzene rings is 1. The Bertz CT molecular complexity index is 607. The van der Waals surface area contributed by atoms with Crippen LogP contribution in [0.1, 0.15) is 31.2 Å². The molecule has 2 aliphatic rings. The largest absolute Gasteiger partial charge is 0.493 e. The van der Waals surface area contributed by atoms with E-state index < -0.39 is 11.3 Å². The standard InChI is InChI=1S/C17H21NO5/c1-20-14-4-3-13(11-15(14)21-2)16(18-12-19)5-7-17(8-6-16)22-9-10-23-17/h3-4,11H,5-10H2,1-2H3. The molecule has 1 spiro atoms. The summed E-state index contributed by atoms with van der Waals surface area (Å²) in [6.45, 7) is 1.25. The number of methoxy groups -OCH3 is 2. The highest BCUT2D eigenvalue weighted by molar-refractivity contribution is 5.47. The number of rotatable bonds is 4. The SMILES string of the molecule is COc1ccc(C2(N=C=O)CCC3(CC2)OCCO3)cc1OC. The van der Waals surface area contributed by atoms with Gasteiger partial charge in [0.1, 0.15) is 0 Å². The van der Waals surface area contributed by atoms with Crippen molar-refractivity contribution < 1.29 is 23.7 Å². The van der Waals surface area contributed by atoms with Gasteiger partial charge in [0.15, 0.2) is 17.3 Å². The molecular weight excluding hydrogens is 298 g/mol. The number of carbonyl (C=O) groups excluding carboxylic acids is 1. The lowest BCUT2D eigenvalue weighted by Gasteiger charge is -2.40. The molecule has 2 fully saturated rings. The van der Waals surface area contributed by atoms with Gasteiger partial charge >= 0.3 is 0 Å². The number of aliphatic imine (C=N–C) groups is 1. The summed E-state index contributed by atoms with van der Waals surface area (Å²) in [6.07, 6.45) is 4.47.